The molecule has 1 amide bonds. The van der Waals surface area contributed by atoms with Crippen molar-refractivity contribution in [3.8, 4) is 6.07 Å². The number of hydrogen-bond acceptors (Lipinski definition) is 5. The number of carbonyl (C=O) groups excluding carboxylic acids is 1. The number of aryl methyl sites for hydroxylation is 1. The van der Waals surface area contributed by atoms with E-state index in [-0.39, 0.29) is 17.6 Å². The number of nitrogens with one attached hydrogen (secondary N) is 2. The standard InChI is InChI=1S/C12H12N6O/c1-7(11-16-8(2)17-18-11)15-12(19)9-3-4-10(5-13)14-6-9/h3-4,6-7H,1-2H3,(H,15,19)(H,16,17,18). The number of rotatable bonds is 3. The van der Waals surface area contributed by atoms with Crippen LogP contribution in [-0.2, 0) is 0 Å². The molecule has 0 aliphatic carbocycles. The summed E-state index contributed by atoms with van der Waals surface area (Å²) in [7, 11) is 0. The van der Waals surface area contributed by atoms with Crippen molar-refractivity contribution >= 4 is 5.91 Å². The van der Waals surface area contributed by atoms with Crippen molar-refractivity contribution < 1.29 is 4.79 Å². The number of carbonyl (C=O) groups is 1. The Bertz CT molecular complexity index is 624. The van der Waals surface area contributed by atoms with Crippen LogP contribution >= 0.6 is 0 Å². The second-order valence-electron chi connectivity index (χ2n) is 4.02. The lowest BCUT2D eigenvalue weighted by molar-refractivity contribution is 0.0938. The molecule has 2 aromatic rings. The van der Waals surface area contributed by atoms with Crippen molar-refractivity contribution in [2.45, 2.75) is 19.9 Å². The van der Waals surface area contributed by atoms with Crippen molar-refractivity contribution in [2.75, 3.05) is 0 Å². The third kappa shape index (κ3) is 2.93. The van der Waals surface area contributed by atoms with E-state index >= 15 is 0 Å². The molecule has 0 aliphatic heterocycles. The van der Waals surface area contributed by atoms with Gasteiger partial charge in [0.2, 0.25) is 0 Å². The van der Waals surface area contributed by atoms with E-state index in [9.17, 15) is 4.79 Å². The predicted octanol–water partition coefficient (Wildman–Crippen LogP) is 0.871. The Kier molecular flexibility index (Phi) is 3.52. The summed E-state index contributed by atoms with van der Waals surface area (Å²) in [6, 6.07) is 4.63. The summed E-state index contributed by atoms with van der Waals surface area (Å²) in [5, 5.41) is 18.1. The molecule has 7 nitrogen and oxygen atoms in total. The van der Waals surface area contributed by atoms with Crippen LogP contribution in [0.15, 0.2) is 18.3 Å². The van der Waals surface area contributed by atoms with Gasteiger partial charge in [-0.1, -0.05) is 0 Å². The van der Waals surface area contributed by atoms with Crippen LogP contribution in [0, 0.1) is 18.3 Å². The Morgan fingerprint density at radius 3 is 2.84 bits per heavy atom. The van der Waals surface area contributed by atoms with E-state index in [1.165, 1.54) is 12.3 Å². The molecule has 2 heterocycles. The Morgan fingerprint density at radius 2 is 2.32 bits per heavy atom. The maximum Gasteiger partial charge on any atom is 0.253 e. The molecule has 0 bridgehead atoms. The molecule has 0 aliphatic rings. The fourth-order valence-electron chi connectivity index (χ4n) is 1.49. The summed E-state index contributed by atoms with van der Waals surface area (Å²) in [4.78, 5) is 19.9. The molecule has 0 radical (unpaired) electrons. The summed E-state index contributed by atoms with van der Waals surface area (Å²) in [5.41, 5.74) is 0.660. The number of H-pyrrole nitrogens is 1. The molecule has 0 saturated carbocycles. The molecular weight excluding hydrogens is 244 g/mol. The number of nitriles is 1. The van der Waals surface area contributed by atoms with Gasteiger partial charge in [0, 0.05) is 6.20 Å². The van der Waals surface area contributed by atoms with Gasteiger partial charge < -0.3 is 5.32 Å². The maximum absolute atomic E-state index is 11.9. The Morgan fingerprint density at radius 1 is 1.53 bits per heavy atom. The SMILES string of the molecule is Cc1nc(C(C)NC(=O)c2ccc(C#N)nc2)n[nH]1. The van der Waals surface area contributed by atoms with Crippen LogP contribution in [0.25, 0.3) is 0 Å². The molecule has 2 rings (SSSR count). The highest BCUT2D eigenvalue weighted by molar-refractivity contribution is 5.94. The number of hydrogen-bond donors (Lipinski definition) is 2. The average Bonchev–Trinajstić information content (AvgIpc) is 2.85. The van der Waals surface area contributed by atoms with Crippen LogP contribution in [0.3, 0.4) is 0 Å². The first-order chi connectivity index (χ1) is 9.10. The number of aromatic nitrogens is 4. The highest BCUT2D eigenvalue weighted by Crippen LogP contribution is 2.08. The minimum atomic E-state index is -0.312. The largest absolute Gasteiger partial charge is 0.342 e. The minimum Gasteiger partial charge on any atom is -0.342 e. The number of nitrogens with zero attached hydrogens (tertiary/aromatic N) is 4. The molecule has 1 atom stereocenters. The van der Waals surface area contributed by atoms with Crippen LogP contribution in [0.2, 0.25) is 0 Å². The molecule has 0 aromatic carbocycles. The van der Waals surface area contributed by atoms with Crippen LogP contribution in [0.5, 0.6) is 0 Å². The summed E-state index contributed by atoms with van der Waals surface area (Å²) >= 11 is 0. The Labute approximate surface area is 109 Å². The number of amides is 1. The average molecular weight is 256 g/mol. The highest BCUT2D eigenvalue weighted by atomic mass is 16.1. The highest BCUT2D eigenvalue weighted by Gasteiger charge is 2.15. The van der Waals surface area contributed by atoms with E-state index in [0.29, 0.717) is 17.2 Å². The summed E-state index contributed by atoms with van der Waals surface area (Å²) in [5.74, 6) is 0.926. The molecule has 0 fully saturated rings. The van der Waals surface area contributed by atoms with Gasteiger partial charge in [-0.25, -0.2) is 9.97 Å². The Hall–Kier alpha value is -2.75. The summed E-state index contributed by atoms with van der Waals surface area (Å²) in [6.07, 6.45) is 1.36. The fraction of sp³-hybridized carbons (Fsp3) is 0.250. The minimum absolute atomic E-state index is 0.272. The topological polar surface area (TPSA) is 107 Å². The van der Waals surface area contributed by atoms with Gasteiger partial charge in [0.15, 0.2) is 5.82 Å². The van der Waals surface area contributed by atoms with E-state index in [0.717, 1.165) is 0 Å². The van der Waals surface area contributed by atoms with Gasteiger partial charge in [0.25, 0.3) is 5.91 Å². The van der Waals surface area contributed by atoms with E-state index < -0.39 is 0 Å². The normalized spacial score (nSPS) is 11.6. The molecule has 7 heteroatoms. The first-order valence-electron chi connectivity index (χ1n) is 5.66. The fourth-order valence-corrected chi connectivity index (χ4v) is 1.49. The van der Waals surface area contributed by atoms with E-state index in [1.807, 2.05) is 6.07 Å². The zero-order valence-electron chi connectivity index (χ0n) is 10.5. The quantitative estimate of drug-likeness (QED) is 0.847. The van der Waals surface area contributed by atoms with Crippen LogP contribution < -0.4 is 5.32 Å². The molecule has 19 heavy (non-hydrogen) atoms. The second kappa shape index (κ2) is 5.27. The van der Waals surface area contributed by atoms with Crippen molar-refractivity contribution in [1.29, 1.82) is 5.26 Å². The molecule has 1 unspecified atom stereocenters. The second-order valence-corrected chi connectivity index (χ2v) is 4.02. The monoisotopic (exact) mass is 256 g/mol. The first-order valence-corrected chi connectivity index (χ1v) is 5.66. The third-order valence-electron chi connectivity index (χ3n) is 2.49. The maximum atomic E-state index is 11.9. The molecule has 2 aromatic heterocycles. The van der Waals surface area contributed by atoms with Gasteiger partial charge in [-0.3, -0.25) is 9.89 Å². The van der Waals surface area contributed by atoms with Crippen LogP contribution in [-0.4, -0.2) is 26.1 Å². The van der Waals surface area contributed by atoms with Gasteiger partial charge in [-0.05, 0) is 26.0 Å². The lowest BCUT2D eigenvalue weighted by Gasteiger charge is -2.10. The number of aromatic amines is 1. The summed E-state index contributed by atoms with van der Waals surface area (Å²) in [6.45, 7) is 3.58. The van der Waals surface area contributed by atoms with Crippen LogP contribution in [0.4, 0.5) is 0 Å². The zero-order valence-corrected chi connectivity index (χ0v) is 10.5. The summed E-state index contributed by atoms with van der Waals surface area (Å²) < 4.78 is 0. The van der Waals surface area contributed by atoms with Crippen molar-refractivity contribution in [3.05, 3.63) is 41.2 Å². The lowest BCUT2D eigenvalue weighted by Crippen LogP contribution is -2.27. The molecule has 0 spiro atoms. The van der Waals surface area contributed by atoms with Gasteiger partial charge >= 0.3 is 0 Å². The van der Waals surface area contributed by atoms with Gasteiger partial charge in [-0.15, -0.1) is 0 Å². The smallest absolute Gasteiger partial charge is 0.253 e. The van der Waals surface area contributed by atoms with E-state index in [2.05, 4.69) is 25.5 Å². The van der Waals surface area contributed by atoms with E-state index in [1.54, 1.807) is 19.9 Å². The van der Waals surface area contributed by atoms with Crippen LogP contribution in [0.1, 0.15) is 40.7 Å². The predicted molar refractivity (Wildman–Crippen MR) is 66.0 cm³/mol. The van der Waals surface area contributed by atoms with E-state index in [4.69, 9.17) is 5.26 Å². The van der Waals surface area contributed by atoms with Crippen molar-refractivity contribution in [2.24, 2.45) is 0 Å². The first kappa shape index (κ1) is 12.7. The third-order valence-corrected chi connectivity index (χ3v) is 2.49. The zero-order chi connectivity index (χ0) is 13.8. The molecule has 0 saturated heterocycles. The van der Waals surface area contributed by atoms with Gasteiger partial charge in [-0.2, -0.15) is 10.4 Å². The van der Waals surface area contributed by atoms with Gasteiger partial charge in [0.05, 0.1) is 11.6 Å². The van der Waals surface area contributed by atoms with Crippen molar-refractivity contribution in [3.63, 3.8) is 0 Å². The molecule has 96 valence electrons. The lowest BCUT2D eigenvalue weighted by atomic mass is 10.2. The number of pyridine rings is 1. The molecule has 2 N–H and O–H groups in total. The molecular formula is C12H12N6O. The van der Waals surface area contributed by atoms with Gasteiger partial charge in [0.1, 0.15) is 17.6 Å². The Balaban J connectivity index is 2.06. The van der Waals surface area contributed by atoms with Crippen molar-refractivity contribution in [1.82, 2.24) is 25.5 Å².